The molecule has 0 bridgehead atoms. The summed E-state index contributed by atoms with van der Waals surface area (Å²) in [6.07, 6.45) is 3.65. The van der Waals surface area contributed by atoms with Crippen LogP contribution in [0.3, 0.4) is 0 Å². The highest BCUT2D eigenvalue weighted by atomic mass is 16.4. The zero-order valence-electron chi connectivity index (χ0n) is 7.37. The Labute approximate surface area is 72.6 Å². The summed E-state index contributed by atoms with van der Waals surface area (Å²) in [5.74, 6) is -0.827. The van der Waals surface area contributed by atoms with Crippen LogP contribution >= 0.6 is 0 Å². The number of nitrogens with zero attached hydrogens (tertiary/aromatic N) is 1. The lowest BCUT2D eigenvalue weighted by Gasteiger charge is -1.87. The molecule has 0 unspecified atom stereocenters. The van der Waals surface area contributed by atoms with E-state index in [1.807, 2.05) is 6.92 Å². The molecule has 0 aliphatic rings. The third kappa shape index (κ3) is 11.3. The quantitative estimate of drug-likeness (QED) is 0.506. The van der Waals surface area contributed by atoms with E-state index < -0.39 is 5.97 Å². The summed E-state index contributed by atoms with van der Waals surface area (Å²) < 4.78 is 0. The highest BCUT2D eigenvalue weighted by molar-refractivity contribution is 5.85. The molecule has 0 aromatic rings. The SMILES string of the molecule is C=CC#N.CCC=C(C)C(=O)O. The van der Waals surface area contributed by atoms with Crippen molar-refractivity contribution in [2.75, 3.05) is 0 Å². The highest BCUT2D eigenvalue weighted by Gasteiger charge is 1.94. The number of rotatable bonds is 2. The van der Waals surface area contributed by atoms with Gasteiger partial charge in [-0.2, -0.15) is 5.26 Å². The topological polar surface area (TPSA) is 61.1 Å². The molecular weight excluding hydrogens is 154 g/mol. The Kier molecular flexibility index (Phi) is 10.3. The average molecular weight is 167 g/mol. The van der Waals surface area contributed by atoms with Crippen LogP contribution in [-0.2, 0) is 4.79 Å². The van der Waals surface area contributed by atoms with Crippen molar-refractivity contribution >= 4 is 5.97 Å². The molecule has 0 aromatic carbocycles. The predicted molar refractivity (Wildman–Crippen MR) is 47.5 cm³/mol. The standard InChI is InChI=1S/C6H10O2.C3H3N/c1-3-4-5(2)6(7)8;1-2-3-4/h4H,3H2,1-2H3,(H,7,8);2H,1H2. The summed E-state index contributed by atoms with van der Waals surface area (Å²) in [6, 6.07) is 1.69. The van der Waals surface area contributed by atoms with Crippen LogP contribution in [0.1, 0.15) is 20.3 Å². The Morgan fingerprint density at radius 3 is 2.25 bits per heavy atom. The first-order chi connectivity index (χ1) is 5.59. The third-order valence-electron chi connectivity index (χ3n) is 0.939. The maximum absolute atomic E-state index is 10.0. The summed E-state index contributed by atoms with van der Waals surface area (Å²) in [6.45, 7) is 6.62. The van der Waals surface area contributed by atoms with Crippen LogP contribution in [0.2, 0.25) is 0 Å². The van der Waals surface area contributed by atoms with Gasteiger partial charge in [-0.25, -0.2) is 4.79 Å². The number of hydrogen-bond acceptors (Lipinski definition) is 2. The zero-order chi connectivity index (χ0) is 9.98. The van der Waals surface area contributed by atoms with Gasteiger partial charge in [0.1, 0.15) is 0 Å². The van der Waals surface area contributed by atoms with E-state index in [4.69, 9.17) is 10.4 Å². The van der Waals surface area contributed by atoms with Crippen molar-refractivity contribution in [2.24, 2.45) is 0 Å². The molecule has 0 atom stereocenters. The fraction of sp³-hybridized carbons (Fsp3) is 0.333. The van der Waals surface area contributed by atoms with Gasteiger partial charge in [0.2, 0.25) is 0 Å². The molecule has 0 spiro atoms. The molecular formula is C9H13NO2. The Balaban J connectivity index is 0. The van der Waals surface area contributed by atoms with Gasteiger partial charge in [0.25, 0.3) is 0 Å². The molecule has 0 aromatic heterocycles. The molecule has 0 fully saturated rings. The van der Waals surface area contributed by atoms with E-state index in [0.29, 0.717) is 5.57 Å². The van der Waals surface area contributed by atoms with Crippen molar-refractivity contribution < 1.29 is 9.90 Å². The first-order valence-electron chi connectivity index (χ1n) is 3.50. The average Bonchev–Trinajstić information content (AvgIpc) is 2.05. The molecule has 0 saturated carbocycles. The maximum atomic E-state index is 10.0. The lowest BCUT2D eigenvalue weighted by Crippen LogP contribution is -1.94. The van der Waals surface area contributed by atoms with E-state index in [1.54, 1.807) is 19.1 Å². The predicted octanol–water partition coefficient (Wildman–Crippen LogP) is 2.12. The second kappa shape index (κ2) is 9.44. The van der Waals surface area contributed by atoms with Gasteiger partial charge in [0.05, 0.1) is 6.07 Å². The minimum absolute atomic E-state index is 0.424. The summed E-state index contributed by atoms with van der Waals surface area (Å²) >= 11 is 0. The van der Waals surface area contributed by atoms with E-state index >= 15 is 0 Å². The van der Waals surface area contributed by atoms with Gasteiger partial charge in [-0.05, 0) is 13.3 Å². The van der Waals surface area contributed by atoms with Gasteiger partial charge >= 0.3 is 5.97 Å². The van der Waals surface area contributed by atoms with E-state index in [-0.39, 0.29) is 0 Å². The molecule has 3 heteroatoms. The summed E-state index contributed by atoms with van der Waals surface area (Å²) in [4.78, 5) is 10.0. The number of carbonyl (C=O) groups is 1. The van der Waals surface area contributed by atoms with Crippen LogP contribution in [0.5, 0.6) is 0 Å². The van der Waals surface area contributed by atoms with Crippen LogP contribution in [-0.4, -0.2) is 11.1 Å². The lowest BCUT2D eigenvalue weighted by atomic mass is 10.2. The number of hydrogen-bond donors (Lipinski definition) is 1. The van der Waals surface area contributed by atoms with E-state index in [2.05, 4.69) is 6.58 Å². The first-order valence-corrected chi connectivity index (χ1v) is 3.50. The zero-order valence-corrected chi connectivity index (χ0v) is 7.37. The monoisotopic (exact) mass is 167 g/mol. The molecule has 0 heterocycles. The van der Waals surface area contributed by atoms with Crippen molar-refractivity contribution in [1.82, 2.24) is 0 Å². The molecule has 0 radical (unpaired) electrons. The van der Waals surface area contributed by atoms with Gasteiger partial charge in [-0.15, -0.1) is 0 Å². The van der Waals surface area contributed by atoms with Crippen molar-refractivity contribution in [3.05, 3.63) is 24.3 Å². The molecule has 0 aliphatic carbocycles. The maximum Gasteiger partial charge on any atom is 0.330 e. The molecule has 3 nitrogen and oxygen atoms in total. The fourth-order valence-electron chi connectivity index (χ4n) is 0.393. The Morgan fingerprint density at radius 2 is 2.17 bits per heavy atom. The molecule has 12 heavy (non-hydrogen) atoms. The van der Waals surface area contributed by atoms with Crippen molar-refractivity contribution in [3.63, 3.8) is 0 Å². The highest BCUT2D eigenvalue weighted by Crippen LogP contribution is 1.92. The van der Waals surface area contributed by atoms with Crippen LogP contribution in [0, 0.1) is 11.3 Å². The number of carboxylic acid groups (broad SMARTS) is 1. The van der Waals surface area contributed by atoms with Crippen molar-refractivity contribution in [2.45, 2.75) is 20.3 Å². The second-order valence-corrected chi connectivity index (χ2v) is 1.93. The minimum atomic E-state index is -0.827. The third-order valence-corrected chi connectivity index (χ3v) is 0.939. The molecule has 0 aliphatic heterocycles. The normalized spacial score (nSPS) is 8.92. The van der Waals surface area contributed by atoms with Crippen LogP contribution in [0.4, 0.5) is 0 Å². The number of nitriles is 1. The number of aliphatic carboxylic acids is 1. The Bertz CT molecular complexity index is 211. The van der Waals surface area contributed by atoms with Gasteiger partial charge in [0, 0.05) is 11.6 Å². The largest absolute Gasteiger partial charge is 0.478 e. The van der Waals surface area contributed by atoms with Crippen molar-refractivity contribution in [1.29, 1.82) is 5.26 Å². The van der Waals surface area contributed by atoms with E-state index in [1.165, 1.54) is 6.08 Å². The molecule has 0 amide bonds. The van der Waals surface area contributed by atoms with E-state index in [0.717, 1.165) is 6.42 Å². The minimum Gasteiger partial charge on any atom is -0.478 e. The summed E-state index contributed by atoms with van der Waals surface area (Å²) in [7, 11) is 0. The van der Waals surface area contributed by atoms with Crippen LogP contribution in [0.25, 0.3) is 0 Å². The van der Waals surface area contributed by atoms with Gasteiger partial charge < -0.3 is 5.11 Å². The number of carboxylic acids is 1. The molecule has 1 N–H and O–H groups in total. The lowest BCUT2D eigenvalue weighted by molar-refractivity contribution is -0.132. The van der Waals surface area contributed by atoms with Crippen LogP contribution < -0.4 is 0 Å². The summed E-state index contributed by atoms with van der Waals surface area (Å²) in [5.41, 5.74) is 0.424. The van der Waals surface area contributed by atoms with Crippen LogP contribution in [0.15, 0.2) is 24.3 Å². The van der Waals surface area contributed by atoms with E-state index in [9.17, 15) is 4.79 Å². The Hall–Kier alpha value is -1.56. The van der Waals surface area contributed by atoms with Gasteiger partial charge in [-0.1, -0.05) is 19.6 Å². The smallest absolute Gasteiger partial charge is 0.330 e. The molecule has 0 rings (SSSR count). The summed E-state index contributed by atoms with van der Waals surface area (Å²) in [5, 5.41) is 15.8. The number of allylic oxidation sites excluding steroid dienone is 2. The Morgan fingerprint density at radius 1 is 1.75 bits per heavy atom. The van der Waals surface area contributed by atoms with Gasteiger partial charge in [0.15, 0.2) is 0 Å². The molecule has 66 valence electrons. The van der Waals surface area contributed by atoms with Crippen molar-refractivity contribution in [3.8, 4) is 6.07 Å². The van der Waals surface area contributed by atoms with Gasteiger partial charge in [-0.3, -0.25) is 0 Å². The molecule has 0 saturated heterocycles. The first kappa shape index (κ1) is 13.1. The second-order valence-electron chi connectivity index (χ2n) is 1.93. The fourth-order valence-corrected chi connectivity index (χ4v) is 0.393.